The van der Waals surface area contributed by atoms with E-state index in [4.69, 9.17) is 16.3 Å². The van der Waals surface area contributed by atoms with Gasteiger partial charge in [-0.15, -0.1) is 12.4 Å². The molecule has 166 valence electrons. The minimum Gasteiger partial charge on any atom is -0.465 e. The maximum absolute atomic E-state index is 10.9. The molecule has 0 aromatic heterocycles. The fourth-order valence-corrected chi connectivity index (χ4v) is 5.27. The zero-order valence-corrected chi connectivity index (χ0v) is 20.1. The van der Waals surface area contributed by atoms with E-state index < -0.39 is 0 Å². The van der Waals surface area contributed by atoms with E-state index in [1.54, 1.807) is 0 Å². The fraction of sp³-hybridized carbons (Fsp3) is 0.375. The second-order valence-corrected chi connectivity index (χ2v) is 9.19. The van der Waals surface area contributed by atoms with Gasteiger partial charge in [-0.2, -0.15) is 0 Å². The van der Waals surface area contributed by atoms with Crippen molar-refractivity contribution in [1.29, 1.82) is 0 Å². The molecule has 2 aliphatic heterocycles. The molecule has 2 heterocycles. The summed E-state index contributed by atoms with van der Waals surface area (Å²) in [6, 6.07) is 14.8. The second kappa shape index (κ2) is 11.4. The first-order valence-electron chi connectivity index (χ1n) is 10.5. The molecule has 0 saturated carbocycles. The van der Waals surface area contributed by atoms with Gasteiger partial charge in [0.25, 0.3) is 0 Å². The SMILES string of the molecule is CC(=O)OCCN1CCN(CCC=C2c3ccccc3Sc3ccc(Cl)cc32)CC1.Cl. The number of ether oxygens (including phenoxy) is 1. The van der Waals surface area contributed by atoms with Gasteiger partial charge in [0.1, 0.15) is 6.61 Å². The van der Waals surface area contributed by atoms with Crippen LogP contribution in [0.4, 0.5) is 0 Å². The summed E-state index contributed by atoms with van der Waals surface area (Å²) in [7, 11) is 0. The highest BCUT2D eigenvalue weighted by Crippen LogP contribution is 2.46. The van der Waals surface area contributed by atoms with Crippen LogP contribution in [0.3, 0.4) is 0 Å². The number of nitrogens with zero attached hydrogens (tertiary/aromatic N) is 2. The van der Waals surface area contributed by atoms with Crippen LogP contribution in [0, 0.1) is 0 Å². The molecular weight excluding hydrogens is 451 g/mol. The van der Waals surface area contributed by atoms with Crippen LogP contribution >= 0.6 is 35.8 Å². The van der Waals surface area contributed by atoms with Crippen molar-refractivity contribution in [3.63, 3.8) is 0 Å². The van der Waals surface area contributed by atoms with Gasteiger partial charge in [-0.3, -0.25) is 9.69 Å². The third-order valence-electron chi connectivity index (χ3n) is 5.60. The lowest BCUT2D eigenvalue weighted by Gasteiger charge is -2.34. The summed E-state index contributed by atoms with van der Waals surface area (Å²) in [4.78, 5) is 18.4. The Morgan fingerprint density at radius 3 is 2.45 bits per heavy atom. The molecule has 31 heavy (non-hydrogen) atoms. The van der Waals surface area contributed by atoms with Gasteiger partial charge >= 0.3 is 5.97 Å². The van der Waals surface area contributed by atoms with Gasteiger partial charge < -0.3 is 9.64 Å². The van der Waals surface area contributed by atoms with Crippen LogP contribution in [0.2, 0.25) is 5.02 Å². The van der Waals surface area contributed by atoms with Crippen LogP contribution in [0.1, 0.15) is 24.5 Å². The number of rotatable bonds is 6. The summed E-state index contributed by atoms with van der Waals surface area (Å²) in [5.74, 6) is -0.202. The summed E-state index contributed by atoms with van der Waals surface area (Å²) < 4.78 is 5.06. The van der Waals surface area contributed by atoms with Crippen LogP contribution in [0.5, 0.6) is 0 Å². The fourth-order valence-electron chi connectivity index (χ4n) is 4.01. The van der Waals surface area contributed by atoms with Gasteiger partial charge in [0.2, 0.25) is 0 Å². The lowest BCUT2D eigenvalue weighted by atomic mass is 9.96. The van der Waals surface area contributed by atoms with Crippen molar-refractivity contribution in [2.24, 2.45) is 0 Å². The molecule has 0 aliphatic carbocycles. The number of benzene rings is 2. The van der Waals surface area contributed by atoms with Gasteiger partial charge in [-0.25, -0.2) is 0 Å². The molecular formula is C24H28Cl2N2O2S. The van der Waals surface area contributed by atoms with E-state index in [-0.39, 0.29) is 18.4 Å². The Balaban J connectivity index is 0.00000272. The van der Waals surface area contributed by atoms with Crippen molar-refractivity contribution in [3.05, 3.63) is 64.7 Å². The van der Waals surface area contributed by atoms with Crippen LogP contribution in [-0.4, -0.2) is 61.6 Å². The Morgan fingerprint density at radius 2 is 1.71 bits per heavy atom. The number of fused-ring (bicyclic) bond motifs is 2. The Kier molecular flexibility index (Phi) is 8.87. The predicted molar refractivity (Wildman–Crippen MR) is 130 cm³/mol. The summed E-state index contributed by atoms with van der Waals surface area (Å²) in [6.07, 6.45) is 3.38. The second-order valence-electron chi connectivity index (χ2n) is 7.67. The number of hydrogen-bond acceptors (Lipinski definition) is 5. The molecule has 0 atom stereocenters. The van der Waals surface area contributed by atoms with Crippen molar-refractivity contribution in [3.8, 4) is 0 Å². The van der Waals surface area contributed by atoms with Crippen LogP contribution < -0.4 is 0 Å². The molecule has 2 aromatic rings. The Labute approximate surface area is 200 Å². The zero-order valence-electron chi connectivity index (χ0n) is 17.7. The molecule has 2 aromatic carbocycles. The summed E-state index contributed by atoms with van der Waals surface area (Å²) in [5.41, 5.74) is 3.83. The maximum Gasteiger partial charge on any atom is 0.302 e. The summed E-state index contributed by atoms with van der Waals surface area (Å²) >= 11 is 8.13. The van der Waals surface area contributed by atoms with Crippen molar-refractivity contribution < 1.29 is 9.53 Å². The number of halogens is 2. The van der Waals surface area contributed by atoms with Crippen molar-refractivity contribution in [2.45, 2.75) is 23.1 Å². The van der Waals surface area contributed by atoms with E-state index in [1.165, 1.54) is 33.4 Å². The molecule has 0 spiro atoms. The first kappa shape index (κ1) is 24.1. The molecule has 4 rings (SSSR count). The third-order valence-corrected chi connectivity index (χ3v) is 6.99. The topological polar surface area (TPSA) is 32.8 Å². The predicted octanol–water partition coefficient (Wildman–Crippen LogP) is 5.23. The van der Waals surface area contributed by atoms with Gasteiger partial charge in [0.05, 0.1) is 0 Å². The third kappa shape index (κ3) is 6.27. The number of hydrogen-bond donors (Lipinski definition) is 0. The quantitative estimate of drug-likeness (QED) is 0.453. The van der Waals surface area contributed by atoms with Crippen LogP contribution in [-0.2, 0) is 9.53 Å². The molecule has 1 saturated heterocycles. The van der Waals surface area contributed by atoms with E-state index >= 15 is 0 Å². The number of carbonyl (C=O) groups is 1. The van der Waals surface area contributed by atoms with Crippen molar-refractivity contribution in [2.75, 3.05) is 45.9 Å². The normalized spacial score (nSPS) is 17.5. The highest BCUT2D eigenvalue weighted by Gasteiger charge is 2.21. The van der Waals surface area contributed by atoms with Crippen LogP contribution in [0.25, 0.3) is 5.57 Å². The first-order valence-corrected chi connectivity index (χ1v) is 11.6. The summed E-state index contributed by atoms with van der Waals surface area (Å²) in [5, 5.41) is 0.782. The molecule has 0 N–H and O–H groups in total. The van der Waals surface area contributed by atoms with Crippen molar-refractivity contribution >= 4 is 47.3 Å². The van der Waals surface area contributed by atoms with E-state index in [0.717, 1.165) is 50.7 Å². The number of piperazine rings is 1. The highest BCUT2D eigenvalue weighted by molar-refractivity contribution is 7.99. The first-order chi connectivity index (χ1) is 14.6. The lowest BCUT2D eigenvalue weighted by molar-refractivity contribution is -0.141. The van der Waals surface area contributed by atoms with Gasteiger partial charge in [-0.05, 0) is 47.4 Å². The minimum atomic E-state index is -0.202. The van der Waals surface area contributed by atoms with Crippen LogP contribution in [0.15, 0.2) is 58.3 Å². The minimum absolute atomic E-state index is 0. The van der Waals surface area contributed by atoms with Gasteiger partial charge in [0.15, 0.2) is 0 Å². The van der Waals surface area contributed by atoms with E-state index in [9.17, 15) is 4.79 Å². The van der Waals surface area contributed by atoms with Gasteiger partial charge in [-0.1, -0.05) is 47.6 Å². The Bertz CT molecular complexity index is 943. The molecule has 1 fully saturated rings. The molecule has 0 bridgehead atoms. The summed E-state index contributed by atoms with van der Waals surface area (Å²) in [6.45, 7) is 7.97. The van der Waals surface area contributed by atoms with E-state index in [2.05, 4.69) is 52.3 Å². The largest absolute Gasteiger partial charge is 0.465 e. The average molecular weight is 479 g/mol. The van der Waals surface area contributed by atoms with Crippen molar-refractivity contribution in [1.82, 2.24) is 9.80 Å². The number of esters is 1. The standard InChI is InChI=1S/C24H27ClN2O2S.ClH/c1-18(28)29-16-15-27-13-11-26(12-14-27)10-4-6-20-21-5-2-3-7-23(21)30-24-9-8-19(25)17-22(20)24;/h2-3,5-9,17H,4,10-16H2,1H3;1H. The molecule has 4 nitrogen and oxygen atoms in total. The van der Waals surface area contributed by atoms with E-state index in [1.807, 2.05) is 17.8 Å². The Morgan fingerprint density at radius 1 is 1.03 bits per heavy atom. The van der Waals surface area contributed by atoms with Gasteiger partial charge in [0, 0.05) is 61.0 Å². The molecule has 7 heteroatoms. The Hall–Kier alpha value is -1.50. The molecule has 2 aliphatic rings. The highest BCUT2D eigenvalue weighted by atomic mass is 35.5. The smallest absolute Gasteiger partial charge is 0.302 e. The molecule has 0 unspecified atom stereocenters. The average Bonchev–Trinajstić information content (AvgIpc) is 2.74. The molecule has 0 radical (unpaired) electrons. The van der Waals surface area contributed by atoms with E-state index in [0.29, 0.717) is 6.61 Å². The number of carbonyl (C=O) groups excluding carboxylic acids is 1. The zero-order chi connectivity index (χ0) is 20.9. The maximum atomic E-state index is 10.9. The lowest BCUT2D eigenvalue weighted by Crippen LogP contribution is -2.47. The molecule has 0 amide bonds. The monoisotopic (exact) mass is 478 g/mol.